The van der Waals surface area contributed by atoms with Crippen molar-refractivity contribution in [3.8, 4) is 11.5 Å². The molecule has 0 unspecified atom stereocenters. The third-order valence-corrected chi connectivity index (χ3v) is 5.52. The van der Waals surface area contributed by atoms with Gasteiger partial charge in [0.05, 0.1) is 20.8 Å². The average molecular weight is 332 g/mol. The number of hydrogen-bond donors (Lipinski definition) is 2. The lowest BCUT2D eigenvalue weighted by Crippen LogP contribution is -3.27. The molecule has 0 aromatic heterocycles. The van der Waals surface area contributed by atoms with Crippen molar-refractivity contribution >= 4 is 0 Å². The standard InChI is InChI=1S/C20H30N2O2/c1-23-19-9-8-18(14-20(19)24-2)16-22-12-10-21(11-13-22)15-17-6-4-3-5-7-17/h3-4,8-9,14,17H,5-7,10-13,15-16H2,1-2H3/p+2/t17-/m0/s1. The summed E-state index contributed by atoms with van der Waals surface area (Å²) in [6.45, 7) is 7.61. The Balaban J connectivity index is 1.47. The van der Waals surface area contributed by atoms with Gasteiger partial charge in [0.1, 0.15) is 32.7 Å². The summed E-state index contributed by atoms with van der Waals surface area (Å²) in [6.07, 6.45) is 8.70. The van der Waals surface area contributed by atoms with Crippen molar-refractivity contribution in [2.45, 2.75) is 25.8 Å². The maximum Gasteiger partial charge on any atom is 0.161 e. The summed E-state index contributed by atoms with van der Waals surface area (Å²) < 4.78 is 10.8. The molecular weight excluding hydrogens is 300 g/mol. The second kappa shape index (κ2) is 8.54. The van der Waals surface area contributed by atoms with Crippen LogP contribution < -0.4 is 19.3 Å². The SMILES string of the molecule is COc1ccc(C[NH+]2CC[NH+](C[C@H]3CC=CCC3)CC2)cc1OC. The van der Waals surface area contributed by atoms with Crippen LogP contribution in [0.3, 0.4) is 0 Å². The van der Waals surface area contributed by atoms with Gasteiger partial charge < -0.3 is 19.3 Å². The first-order chi connectivity index (χ1) is 11.8. The summed E-state index contributed by atoms with van der Waals surface area (Å²) in [4.78, 5) is 3.50. The molecule has 1 aliphatic heterocycles. The van der Waals surface area contributed by atoms with Gasteiger partial charge in [0, 0.05) is 11.5 Å². The van der Waals surface area contributed by atoms with Gasteiger partial charge in [-0.1, -0.05) is 12.2 Å². The van der Waals surface area contributed by atoms with E-state index in [-0.39, 0.29) is 0 Å². The Bertz CT molecular complexity index is 551. The van der Waals surface area contributed by atoms with E-state index < -0.39 is 0 Å². The molecule has 1 aromatic rings. The Kier molecular flexibility index (Phi) is 6.16. The molecule has 1 heterocycles. The topological polar surface area (TPSA) is 27.3 Å². The largest absolute Gasteiger partial charge is 0.493 e. The van der Waals surface area contributed by atoms with Crippen molar-refractivity contribution in [1.82, 2.24) is 0 Å². The molecule has 24 heavy (non-hydrogen) atoms. The van der Waals surface area contributed by atoms with Gasteiger partial charge in [-0.05, 0) is 37.5 Å². The minimum Gasteiger partial charge on any atom is -0.493 e. The highest BCUT2D eigenvalue weighted by Crippen LogP contribution is 2.27. The van der Waals surface area contributed by atoms with E-state index in [4.69, 9.17) is 9.47 Å². The van der Waals surface area contributed by atoms with Gasteiger partial charge in [-0.3, -0.25) is 0 Å². The molecule has 2 aliphatic rings. The molecule has 1 saturated heterocycles. The van der Waals surface area contributed by atoms with E-state index in [9.17, 15) is 0 Å². The molecule has 1 aliphatic carbocycles. The number of ether oxygens (including phenoxy) is 2. The average Bonchev–Trinajstić information content (AvgIpc) is 2.64. The number of piperazine rings is 1. The highest BCUT2D eigenvalue weighted by Gasteiger charge is 2.25. The van der Waals surface area contributed by atoms with E-state index in [1.54, 1.807) is 19.1 Å². The number of allylic oxidation sites excluding steroid dienone is 2. The zero-order valence-electron chi connectivity index (χ0n) is 15.1. The van der Waals surface area contributed by atoms with Crippen LogP contribution in [0.15, 0.2) is 30.4 Å². The van der Waals surface area contributed by atoms with E-state index in [0.717, 1.165) is 24.0 Å². The monoisotopic (exact) mass is 332 g/mol. The highest BCUT2D eigenvalue weighted by atomic mass is 16.5. The van der Waals surface area contributed by atoms with Crippen LogP contribution in [0.4, 0.5) is 0 Å². The van der Waals surface area contributed by atoms with Crippen LogP contribution in [0.2, 0.25) is 0 Å². The molecule has 0 saturated carbocycles. The number of methoxy groups -OCH3 is 2. The van der Waals surface area contributed by atoms with Crippen molar-refractivity contribution < 1.29 is 19.3 Å². The third-order valence-electron chi connectivity index (χ3n) is 5.52. The number of nitrogens with one attached hydrogen (secondary N) is 2. The van der Waals surface area contributed by atoms with Crippen molar-refractivity contribution in [2.75, 3.05) is 46.9 Å². The van der Waals surface area contributed by atoms with E-state index in [2.05, 4.69) is 24.3 Å². The Morgan fingerprint density at radius 1 is 0.958 bits per heavy atom. The third kappa shape index (κ3) is 4.52. The summed E-state index contributed by atoms with van der Waals surface area (Å²) in [5.74, 6) is 2.56. The fraction of sp³-hybridized carbons (Fsp3) is 0.600. The van der Waals surface area contributed by atoms with Gasteiger partial charge in [-0.15, -0.1) is 0 Å². The highest BCUT2D eigenvalue weighted by molar-refractivity contribution is 5.42. The predicted molar refractivity (Wildman–Crippen MR) is 96.0 cm³/mol. The second-order valence-corrected chi connectivity index (χ2v) is 7.22. The number of rotatable bonds is 6. The normalized spacial score (nSPS) is 27.0. The molecule has 132 valence electrons. The fourth-order valence-corrected chi connectivity index (χ4v) is 4.07. The smallest absolute Gasteiger partial charge is 0.161 e. The second-order valence-electron chi connectivity index (χ2n) is 7.22. The zero-order chi connectivity index (χ0) is 16.8. The Hall–Kier alpha value is -1.52. The van der Waals surface area contributed by atoms with Crippen LogP contribution in [0, 0.1) is 5.92 Å². The molecule has 0 spiro atoms. The van der Waals surface area contributed by atoms with Crippen LogP contribution in [-0.4, -0.2) is 46.9 Å². The molecule has 4 nitrogen and oxygen atoms in total. The van der Waals surface area contributed by atoms with Gasteiger partial charge in [-0.2, -0.15) is 0 Å². The number of hydrogen-bond acceptors (Lipinski definition) is 2. The van der Waals surface area contributed by atoms with Crippen LogP contribution in [0.25, 0.3) is 0 Å². The number of quaternary nitrogens is 2. The van der Waals surface area contributed by atoms with E-state index in [1.165, 1.54) is 57.5 Å². The first-order valence-electron chi connectivity index (χ1n) is 9.31. The van der Waals surface area contributed by atoms with Crippen LogP contribution in [-0.2, 0) is 6.54 Å². The lowest BCUT2D eigenvalue weighted by atomic mass is 9.94. The Morgan fingerprint density at radius 2 is 1.71 bits per heavy atom. The Labute approximate surface area is 146 Å². The molecule has 1 atom stereocenters. The lowest BCUT2D eigenvalue weighted by molar-refractivity contribution is -1.02. The summed E-state index contributed by atoms with van der Waals surface area (Å²) >= 11 is 0. The van der Waals surface area contributed by atoms with Crippen molar-refractivity contribution in [3.63, 3.8) is 0 Å². The van der Waals surface area contributed by atoms with E-state index in [1.807, 2.05) is 11.0 Å². The first-order valence-corrected chi connectivity index (χ1v) is 9.31. The maximum atomic E-state index is 5.42. The quantitative estimate of drug-likeness (QED) is 0.736. The minimum atomic E-state index is 0.812. The van der Waals surface area contributed by atoms with Crippen molar-refractivity contribution in [2.24, 2.45) is 5.92 Å². The molecule has 2 N–H and O–H groups in total. The van der Waals surface area contributed by atoms with Gasteiger partial charge >= 0.3 is 0 Å². The minimum absolute atomic E-state index is 0.812. The van der Waals surface area contributed by atoms with E-state index >= 15 is 0 Å². The summed E-state index contributed by atoms with van der Waals surface area (Å²) in [5.41, 5.74) is 1.34. The Morgan fingerprint density at radius 3 is 2.38 bits per heavy atom. The van der Waals surface area contributed by atoms with Crippen molar-refractivity contribution in [3.05, 3.63) is 35.9 Å². The first kappa shape index (κ1) is 17.3. The number of benzene rings is 1. The van der Waals surface area contributed by atoms with Crippen LogP contribution in [0.5, 0.6) is 11.5 Å². The molecule has 0 amide bonds. The van der Waals surface area contributed by atoms with Crippen molar-refractivity contribution in [1.29, 1.82) is 0 Å². The molecular formula is C20H32N2O2+2. The lowest BCUT2D eigenvalue weighted by Gasteiger charge is -2.32. The molecule has 1 aromatic carbocycles. The predicted octanol–water partition coefficient (Wildman–Crippen LogP) is 0.344. The van der Waals surface area contributed by atoms with Gasteiger partial charge in [0.2, 0.25) is 0 Å². The van der Waals surface area contributed by atoms with Gasteiger partial charge in [0.25, 0.3) is 0 Å². The molecule has 1 fully saturated rings. The van der Waals surface area contributed by atoms with Crippen LogP contribution in [0.1, 0.15) is 24.8 Å². The maximum absolute atomic E-state index is 5.42. The summed E-state index contributed by atoms with van der Waals surface area (Å²) in [5, 5.41) is 0. The molecule has 0 radical (unpaired) electrons. The van der Waals surface area contributed by atoms with E-state index in [0.29, 0.717) is 0 Å². The van der Waals surface area contributed by atoms with Crippen LogP contribution >= 0.6 is 0 Å². The van der Waals surface area contributed by atoms with Gasteiger partial charge in [0.15, 0.2) is 11.5 Å². The molecule has 0 bridgehead atoms. The zero-order valence-corrected chi connectivity index (χ0v) is 15.1. The molecule has 4 heteroatoms. The summed E-state index contributed by atoms with van der Waals surface area (Å²) in [6, 6.07) is 6.31. The molecule has 3 rings (SSSR count). The van der Waals surface area contributed by atoms with Gasteiger partial charge in [-0.25, -0.2) is 0 Å². The fourth-order valence-electron chi connectivity index (χ4n) is 4.07. The summed E-state index contributed by atoms with van der Waals surface area (Å²) in [7, 11) is 3.39.